The van der Waals surface area contributed by atoms with Crippen molar-refractivity contribution in [1.29, 1.82) is 0 Å². The van der Waals surface area contributed by atoms with E-state index < -0.39 is 0 Å². The summed E-state index contributed by atoms with van der Waals surface area (Å²) in [5.74, 6) is -0.312. The molecule has 1 heterocycles. The van der Waals surface area contributed by atoms with E-state index in [1.807, 2.05) is 18.2 Å². The van der Waals surface area contributed by atoms with Crippen LogP contribution in [0.15, 0.2) is 54.6 Å². The Morgan fingerprint density at radius 3 is 2.26 bits per heavy atom. The molecule has 3 rings (SSSR count). The number of nitrogens with zero attached hydrogens (tertiary/aromatic N) is 1. The van der Waals surface area contributed by atoms with Crippen LogP contribution in [0.4, 0.5) is 5.69 Å². The van der Waals surface area contributed by atoms with Gasteiger partial charge in [-0.15, -0.1) is 0 Å². The summed E-state index contributed by atoms with van der Waals surface area (Å²) in [7, 11) is 0. The lowest BCUT2D eigenvalue weighted by molar-refractivity contribution is -0.114. The van der Waals surface area contributed by atoms with E-state index in [1.54, 1.807) is 41.3 Å². The van der Waals surface area contributed by atoms with Crippen molar-refractivity contribution in [3.05, 3.63) is 65.7 Å². The molecule has 6 nitrogen and oxygen atoms in total. The largest absolute Gasteiger partial charge is 0.349 e. The number of hydrogen-bond acceptors (Lipinski definition) is 3. The van der Waals surface area contributed by atoms with Gasteiger partial charge in [0, 0.05) is 42.9 Å². The maximum Gasteiger partial charge on any atom is 0.253 e. The zero-order valence-corrected chi connectivity index (χ0v) is 15.3. The molecule has 6 heteroatoms. The fraction of sp³-hybridized carbons (Fsp3) is 0.286. The first-order chi connectivity index (χ1) is 13.0. The van der Waals surface area contributed by atoms with E-state index in [2.05, 4.69) is 10.6 Å². The zero-order valence-electron chi connectivity index (χ0n) is 15.3. The van der Waals surface area contributed by atoms with Crippen LogP contribution < -0.4 is 10.6 Å². The summed E-state index contributed by atoms with van der Waals surface area (Å²) in [5, 5.41) is 5.73. The van der Waals surface area contributed by atoms with E-state index in [1.165, 1.54) is 6.92 Å². The molecule has 140 valence electrons. The first-order valence-corrected chi connectivity index (χ1v) is 9.06. The summed E-state index contributed by atoms with van der Waals surface area (Å²) < 4.78 is 0. The van der Waals surface area contributed by atoms with Crippen molar-refractivity contribution < 1.29 is 14.4 Å². The van der Waals surface area contributed by atoms with Crippen molar-refractivity contribution in [2.45, 2.75) is 25.8 Å². The van der Waals surface area contributed by atoms with Crippen LogP contribution in [0.5, 0.6) is 0 Å². The number of nitrogens with one attached hydrogen (secondary N) is 2. The lowest BCUT2D eigenvalue weighted by Crippen LogP contribution is -2.46. The lowest BCUT2D eigenvalue weighted by Gasteiger charge is -2.32. The molecule has 0 aromatic heterocycles. The standard InChI is InChI=1S/C21H23N3O3/c1-15(25)22-19-9-5-8-17(14-19)21(27)24-12-10-18(11-13-24)23-20(26)16-6-3-2-4-7-16/h2-9,14,18H,10-13H2,1H3,(H,22,25)(H,23,26). The van der Waals surface area contributed by atoms with Crippen molar-refractivity contribution in [3.8, 4) is 0 Å². The van der Waals surface area contributed by atoms with E-state index in [0.29, 0.717) is 29.9 Å². The molecule has 1 fully saturated rings. The van der Waals surface area contributed by atoms with Crippen LogP contribution >= 0.6 is 0 Å². The normalized spacial score (nSPS) is 14.5. The number of anilines is 1. The maximum atomic E-state index is 12.7. The molecule has 0 aliphatic carbocycles. The first-order valence-electron chi connectivity index (χ1n) is 9.06. The molecule has 0 unspecified atom stereocenters. The van der Waals surface area contributed by atoms with E-state index >= 15 is 0 Å². The van der Waals surface area contributed by atoms with Crippen LogP contribution in [0, 0.1) is 0 Å². The van der Waals surface area contributed by atoms with Crippen LogP contribution in [0.1, 0.15) is 40.5 Å². The second-order valence-electron chi connectivity index (χ2n) is 6.67. The van der Waals surface area contributed by atoms with Gasteiger partial charge in [-0.3, -0.25) is 14.4 Å². The van der Waals surface area contributed by atoms with E-state index in [9.17, 15) is 14.4 Å². The second-order valence-corrected chi connectivity index (χ2v) is 6.67. The monoisotopic (exact) mass is 365 g/mol. The van der Waals surface area contributed by atoms with Gasteiger partial charge in [0.05, 0.1) is 0 Å². The molecule has 0 radical (unpaired) electrons. The Morgan fingerprint density at radius 2 is 1.59 bits per heavy atom. The third-order valence-electron chi connectivity index (χ3n) is 4.58. The molecular formula is C21H23N3O3. The fourth-order valence-corrected chi connectivity index (χ4v) is 3.20. The van der Waals surface area contributed by atoms with Crippen molar-refractivity contribution in [1.82, 2.24) is 10.2 Å². The lowest BCUT2D eigenvalue weighted by atomic mass is 10.0. The summed E-state index contributed by atoms with van der Waals surface area (Å²) in [5.41, 5.74) is 1.80. The van der Waals surface area contributed by atoms with Crippen molar-refractivity contribution >= 4 is 23.4 Å². The van der Waals surface area contributed by atoms with Crippen LogP contribution in [0.2, 0.25) is 0 Å². The molecule has 1 saturated heterocycles. The van der Waals surface area contributed by atoms with Gasteiger partial charge in [0.15, 0.2) is 0 Å². The highest BCUT2D eigenvalue weighted by molar-refractivity contribution is 5.97. The van der Waals surface area contributed by atoms with Gasteiger partial charge in [-0.05, 0) is 43.2 Å². The quantitative estimate of drug-likeness (QED) is 0.874. The topological polar surface area (TPSA) is 78.5 Å². The number of benzene rings is 2. The smallest absolute Gasteiger partial charge is 0.253 e. The number of carbonyl (C=O) groups is 3. The molecule has 0 saturated carbocycles. The van der Waals surface area contributed by atoms with E-state index in [0.717, 1.165) is 12.8 Å². The molecule has 0 atom stereocenters. The average Bonchev–Trinajstić information content (AvgIpc) is 2.68. The minimum Gasteiger partial charge on any atom is -0.349 e. The maximum absolute atomic E-state index is 12.7. The molecule has 2 N–H and O–H groups in total. The zero-order chi connectivity index (χ0) is 19.2. The summed E-state index contributed by atoms with van der Waals surface area (Å²) in [6.45, 7) is 2.61. The Balaban J connectivity index is 1.55. The Kier molecular flexibility index (Phi) is 5.86. The van der Waals surface area contributed by atoms with E-state index in [4.69, 9.17) is 0 Å². The van der Waals surface area contributed by atoms with Crippen LogP contribution in [-0.2, 0) is 4.79 Å². The Hall–Kier alpha value is -3.15. The predicted molar refractivity (Wildman–Crippen MR) is 104 cm³/mol. The van der Waals surface area contributed by atoms with Gasteiger partial charge in [0.2, 0.25) is 5.91 Å². The molecular weight excluding hydrogens is 342 g/mol. The number of carbonyl (C=O) groups excluding carboxylic acids is 3. The number of amides is 3. The number of piperidine rings is 1. The van der Waals surface area contributed by atoms with Gasteiger partial charge in [-0.1, -0.05) is 24.3 Å². The summed E-state index contributed by atoms with van der Waals surface area (Å²) in [4.78, 5) is 37.9. The molecule has 3 amide bonds. The third kappa shape index (κ3) is 4.94. The van der Waals surface area contributed by atoms with Gasteiger partial charge in [-0.25, -0.2) is 0 Å². The summed E-state index contributed by atoms with van der Waals surface area (Å²) in [6.07, 6.45) is 1.44. The molecule has 2 aromatic carbocycles. The number of hydrogen-bond donors (Lipinski definition) is 2. The van der Waals surface area contributed by atoms with Crippen molar-refractivity contribution in [2.75, 3.05) is 18.4 Å². The number of likely N-dealkylation sites (tertiary alicyclic amines) is 1. The summed E-state index contributed by atoms with van der Waals surface area (Å²) >= 11 is 0. The minimum atomic E-state index is -0.172. The average molecular weight is 365 g/mol. The Bertz CT molecular complexity index is 828. The van der Waals surface area contributed by atoms with Crippen LogP contribution in [0.25, 0.3) is 0 Å². The predicted octanol–water partition coefficient (Wildman–Crippen LogP) is 2.68. The highest BCUT2D eigenvalue weighted by Crippen LogP contribution is 2.17. The Morgan fingerprint density at radius 1 is 0.926 bits per heavy atom. The highest BCUT2D eigenvalue weighted by atomic mass is 16.2. The fourth-order valence-electron chi connectivity index (χ4n) is 3.20. The Labute approximate surface area is 158 Å². The van der Waals surface area contributed by atoms with Gasteiger partial charge < -0.3 is 15.5 Å². The molecule has 0 spiro atoms. The van der Waals surface area contributed by atoms with Gasteiger partial charge >= 0.3 is 0 Å². The van der Waals surface area contributed by atoms with Gasteiger partial charge in [0.1, 0.15) is 0 Å². The third-order valence-corrected chi connectivity index (χ3v) is 4.58. The molecule has 0 bridgehead atoms. The van der Waals surface area contributed by atoms with Crippen molar-refractivity contribution in [2.24, 2.45) is 0 Å². The van der Waals surface area contributed by atoms with Crippen LogP contribution in [0.3, 0.4) is 0 Å². The van der Waals surface area contributed by atoms with Crippen molar-refractivity contribution in [3.63, 3.8) is 0 Å². The number of rotatable bonds is 4. The minimum absolute atomic E-state index is 0.0602. The molecule has 27 heavy (non-hydrogen) atoms. The van der Waals surface area contributed by atoms with Crippen LogP contribution in [-0.4, -0.2) is 41.8 Å². The molecule has 1 aliphatic rings. The SMILES string of the molecule is CC(=O)Nc1cccc(C(=O)N2CCC(NC(=O)c3ccccc3)CC2)c1. The first kappa shape index (κ1) is 18.6. The van der Waals surface area contributed by atoms with Gasteiger partial charge in [0.25, 0.3) is 11.8 Å². The second kappa shape index (κ2) is 8.49. The van der Waals surface area contributed by atoms with E-state index in [-0.39, 0.29) is 23.8 Å². The highest BCUT2D eigenvalue weighted by Gasteiger charge is 2.25. The molecule has 2 aromatic rings. The molecule has 1 aliphatic heterocycles. The van der Waals surface area contributed by atoms with Gasteiger partial charge in [-0.2, -0.15) is 0 Å². The summed E-state index contributed by atoms with van der Waals surface area (Å²) in [6, 6.07) is 16.1.